The van der Waals surface area contributed by atoms with Crippen LogP contribution in [-0.2, 0) is 0 Å². The molecule has 0 heterocycles. The second-order valence-electron chi connectivity index (χ2n) is 4.13. The Morgan fingerprint density at radius 2 is 1.60 bits per heavy atom. The summed E-state index contributed by atoms with van der Waals surface area (Å²) in [6.45, 7) is 0. The molecule has 0 atom stereocenters. The number of rotatable bonds is 4. The van der Waals surface area contributed by atoms with E-state index in [1.54, 1.807) is 12.1 Å². The maximum atomic E-state index is 13.9. The molecule has 2 aromatic rings. The molecule has 0 aliphatic rings. The summed E-state index contributed by atoms with van der Waals surface area (Å²) in [5.74, 6) is -0.327. The van der Waals surface area contributed by atoms with Crippen molar-refractivity contribution in [1.82, 2.24) is 0 Å². The van der Waals surface area contributed by atoms with Gasteiger partial charge in [0.2, 0.25) is 0 Å². The number of methoxy groups -OCH3 is 2. The Labute approximate surface area is 115 Å². The van der Waals surface area contributed by atoms with Crippen LogP contribution in [0.5, 0.6) is 11.5 Å². The highest BCUT2D eigenvalue weighted by molar-refractivity contribution is 6.12. The molecule has 0 unspecified atom stereocenters. The van der Waals surface area contributed by atoms with Gasteiger partial charge >= 0.3 is 0 Å². The van der Waals surface area contributed by atoms with Gasteiger partial charge < -0.3 is 15.2 Å². The lowest BCUT2D eigenvalue weighted by Crippen LogP contribution is -2.08. The van der Waals surface area contributed by atoms with Crippen molar-refractivity contribution in [3.8, 4) is 11.5 Å². The molecule has 0 saturated carbocycles. The quantitative estimate of drug-likeness (QED) is 0.688. The highest BCUT2D eigenvalue weighted by Crippen LogP contribution is 2.25. The highest BCUT2D eigenvalue weighted by atomic mass is 19.1. The first-order valence-corrected chi connectivity index (χ1v) is 5.88. The minimum Gasteiger partial charge on any atom is -0.497 e. The molecular formula is C15H14FNO3. The molecule has 0 aromatic heterocycles. The monoisotopic (exact) mass is 275 g/mol. The summed E-state index contributed by atoms with van der Waals surface area (Å²) in [6.07, 6.45) is 0. The van der Waals surface area contributed by atoms with Crippen molar-refractivity contribution in [2.24, 2.45) is 0 Å². The predicted octanol–water partition coefficient (Wildman–Crippen LogP) is 2.66. The lowest BCUT2D eigenvalue weighted by Gasteiger charge is -2.09. The molecule has 0 bridgehead atoms. The van der Waals surface area contributed by atoms with Crippen LogP contribution in [0.25, 0.3) is 0 Å². The first-order valence-electron chi connectivity index (χ1n) is 5.88. The normalized spacial score (nSPS) is 10.2. The number of carbonyl (C=O) groups excluding carboxylic acids is 1. The van der Waals surface area contributed by atoms with Gasteiger partial charge in [-0.25, -0.2) is 4.39 Å². The molecule has 0 spiro atoms. The minimum atomic E-state index is -0.656. The second kappa shape index (κ2) is 5.61. The predicted molar refractivity (Wildman–Crippen MR) is 73.8 cm³/mol. The molecule has 0 radical (unpaired) electrons. The third-order valence-electron chi connectivity index (χ3n) is 2.93. The molecule has 0 fully saturated rings. The Hall–Kier alpha value is -2.56. The number of ether oxygens (including phenoxy) is 2. The fourth-order valence-electron chi connectivity index (χ4n) is 1.81. The summed E-state index contributed by atoms with van der Waals surface area (Å²) < 4.78 is 23.9. The van der Waals surface area contributed by atoms with E-state index in [1.807, 2.05) is 0 Å². The van der Waals surface area contributed by atoms with Crippen molar-refractivity contribution >= 4 is 11.5 Å². The standard InChI is InChI=1S/C15H14FNO3/c1-19-9-4-6-14(17)12(7-9)15(18)11-5-3-10(20-2)8-13(11)16/h3-8H,17H2,1-2H3. The van der Waals surface area contributed by atoms with Gasteiger partial charge in [-0.2, -0.15) is 0 Å². The van der Waals surface area contributed by atoms with Gasteiger partial charge in [-0.05, 0) is 30.3 Å². The summed E-state index contributed by atoms with van der Waals surface area (Å²) in [5.41, 5.74) is 6.17. The van der Waals surface area contributed by atoms with Crippen molar-refractivity contribution in [1.29, 1.82) is 0 Å². The van der Waals surface area contributed by atoms with Crippen molar-refractivity contribution in [2.75, 3.05) is 20.0 Å². The van der Waals surface area contributed by atoms with E-state index in [1.165, 1.54) is 32.4 Å². The van der Waals surface area contributed by atoms with E-state index in [2.05, 4.69) is 0 Å². The maximum absolute atomic E-state index is 13.9. The van der Waals surface area contributed by atoms with Crippen molar-refractivity contribution < 1.29 is 18.7 Å². The van der Waals surface area contributed by atoms with Gasteiger partial charge in [0.15, 0.2) is 5.78 Å². The van der Waals surface area contributed by atoms with Gasteiger partial charge in [0, 0.05) is 17.3 Å². The Kier molecular flexibility index (Phi) is 3.89. The average molecular weight is 275 g/mol. The number of nitrogen functional groups attached to an aromatic ring is 1. The largest absolute Gasteiger partial charge is 0.497 e. The summed E-state index contributed by atoms with van der Waals surface area (Å²) in [7, 11) is 2.91. The number of carbonyl (C=O) groups is 1. The van der Waals surface area contributed by atoms with Crippen LogP contribution in [0.2, 0.25) is 0 Å². The number of anilines is 1. The molecule has 2 N–H and O–H groups in total. The van der Waals surface area contributed by atoms with E-state index < -0.39 is 11.6 Å². The second-order valence-corrected chi connectivity index (χ2v) is 4.13. The zero-order valence-electron chi connectivity index (χ0n) is 11.1. The van der Waals surface area contributed by atoms with Gasteiger partial charge in [0.25, 0.3) is 0 Å². The molecular weight excluding hydrogens is 261 g/mol. The average Bonchev–Trinajstić information content (AvgIpc) is 2.47. The molecule has 0 aliphatic heterocycles. The molecule has 104 valence electrons. The van der Waals surface area contributed by atoms with Crippen molar-refractivity contribution in [2.45, 2.75) is 0 Å². The van der Waals surface area contributed by atoms with Gasteiger partial charge in [0.05, 0.1) is 19.8 Å². The van der Waals surface area contributed by atoms with Gasteiger partial charge in [0.1, 0.15) is 17.3 Å². The van der Waals surface area contributed by atoms with E-state index >= 15 is 0 Å². The van der Waals surface area contributed by atoms with Crippen LogP contribution < -0.4 is 15.2 Å². The first-order chi connectivity index (χ1) is 9.56. The zero-order chi connectivity index (χ0) is 14.7. The molecule has 4 nitrogen and oxygen atoms in total. The lowest BCUT2D eigenvalue weighted by molar-refractivity contribution is 0.103. The summed E-state index contributed by atoms with van der Waals surface area (Å²) in [6, 6.07) is 8.72. The SMILES string of the molecule is COc1ccc(C(=O)c2cc(OC)ccc2N)c(F)c1. The number of ketones is 1. The number of hydrogen-bond donors (Lipinski definition) is 1. The van der Waals surface area contributed by atoms with Crippen LogP contribution in [0.4, 0.5) is 10.1 Å². The van der Waals surface area contributed by atoms with Gasteiger partial charge in [-0.1, -0.05) is 0 Å². The minimum absolute atomic E-state index is 0.0641. The number of nitrogens with two attached hydrogens (primary N) is 1. The topological polar surface area (TPSA) is 61.5 Å². The fraction of sp³-hybridized carbons (Fsp3) is 0.133. The van der Waals surface area contributed by atoms with Gasteiger partial charge in [-0.15, -0.1) is 0 Å². The number of halogens is 1. The van der Waals surface area contributed by atoms with Crippen LogP contribution >= 0.6 is 0 Å². The van der Waals surface area contributed by atoms with Crippen LogP contribution in [-0.4, -0.2) is 20.0 Å². The summed E-state index contributed by atoms with van der Waals surface area (Å²) in [4.78, 5) is 12.3. The zero-order valence-corrected chi connectivity index (χ0v) is 11.1. The van der Waals surface area contributed by atoms with E-state index in [0.717, 1.165) is 6.07 Å². The van der Waals surface area contributed by atoms with E-state index in [9.17, 15) is 9.18 Å². The summed E-state index contributed by atoms with van der Waals surface area (Å²) >= 11 is 0. The van der Waals surface area contributed by atoms with Crippen LogP contribution in [0.1, 0.15) is 15.9 Å². The Morgan fingerprint density at radius 3 is 2.20 bits per heavy atom. The van der Waals surface area contributed by atoms with Crippen LogP contribution in [0.15, 0.2) is 36.4 Å². The third kappa shape index (κ3) is 2.56. The van der Waals surface area contributed by atoms with Crippen LogP contribution in [0, 0.1) is 5.82 Å². The Bertz CT molecular complexity index is 656. The van der Waals surface area contributed by atoms with E-state index in [0.29, 0.717) is 11.5 Å². The Balaban J connectivity index is 2.46. The van der Waals surface area contributed by atoms with Gasteiger partial charge in [-0.3, -0.25) is 4.79 Å². The van der Waals surface area contributed by atoms with Crippen molar-refractivity contribution in [3.63, 3.8) is 0 Å². The molecule has 0 saturated heterocycles. The third-order valence-corrected chi connectivity index (χ3v) is 2.93. The molecule has 0 aliphatic carbocycles. The van der Waals surface area contributed by atoms with Crippen molar-refractivity contribution in [3.05, 3.63) is 53.3 Å². The molecule has 0 amide bonds. The fourth-order valence-corrected chi connectivity index (χ4v) is 1.81. The number of benzene rings is 2. The Morgan fingerprint density at radius 1 is 1.00 bits per heavy atom. The molecule has 2 rings (SSSR count). The molecule has 2 aromatic carbocycles. The van der Waals surface area contributed by atoms with Crippen LogP contribution in [0.3, 0.4) is 0 Å². The lowest BCUT2D eigenvalue weighted by atomic mass is 10.0. The number of hydrogen-bond acceptors (Lipinski definition) is 4. The van der Waals surface area contributed by atoms with E-state index in [-0.39, 0.29) is 16.8 Å². The smallest absolute Gasteiger partial charge is 0.198 e. The highest BCUT2D eigenvalue weighted by Gasteiger charge is 2.17. The maximum Gasteiger partial charge on any atom is 0.198 e. The van der Waals surface area contributed by atoms with E-state index in [4.69, 9.17) is 15.2 Å². The molecule has 20 heavy (non-hydrogen) atoms. The first kappa shape index (κ1) is 13.9. The summed E-state index contributed by atoms with van der Waals surface area (Å²) in [5, 5.41) is 0. The molecule has 5 heteroatoms.